The SMILES string of the molecule is C[C@H]1CN(c2nc3c(c(=O)[nH]2)CCN(Cc2ccc(Br)s2)C3)C[C@H](C)O1. The van der Waals surface area contributed by atoms with Crippen LogP contribution in [0.2, 0.25) is 0 Å². The van der Waals surface area contributed by atoms with Gasteiger partial charge < -0.3 is 9.64 Å². The van der Waals surface area contributed by atoms with E-state index in [1.165, 1.54) is 4.88 Å². The van der Waals surface area contributed by atoms with Crippen LogP contribution in [-0.2, 0) is 24.2 Å². The van der Waals surface area contributed by atoms with Crippen molar-refractivity contribution in [2.24, 2.45) is 0 Å². The van der Waals surface area contributed by atoms with E-state index in [-0.39, 0.29) is 17.8 Å². The fourth-order valence-corrected chi connectivity index (χ4v) is 5.30. The van der Waals surface area contributed by atoms with Crippen molar-refractivity contribution in [3.63, 3.8) is 0 Å². The van der Waals surface area contributed by atoms with Gasteiger partial charge in [0.1, 0.15) is 0 Å². The summed E-state index contributed by atoms with van der Waals surface area (Å²) in [5, 5.41) is 0. The molecule has 2 aromatic heterocycles. The van der Waals surface area contributed by atoms with Crippen LogP contribution in [0.1, 0.15) is 30.0 Å². The highest BCUT2D eigenvalue weighted by Gasteiger charge is 2.27. The number of fused-ring (bicyclic) bond motifs is 1. The molecule has 0 radical (unpaired) electrons. The maximum Gasteiger partial charge on any atom is 0.255 e. The van der Waals surface area contributed by atoms with E-state index >= 15 is 0 Å². The number of H-pyrrole nitrogens is 1. The number of ether oxygens (including phenoxy) is 1. The smallest absolute Gasteiger partial charge is 0.255 e. The third-order valence-corrected chi connectivity index (χ3v) is 6.48. The Balaban J connectivity index is 1.55. The number of morpholine rings is 1. The molecule has 0 bridgehead atoms. The molecule has 6 nitrogen and oxygen atoms in total. The number of hydrogen-bond acceptors (Lipinski definition) is 6. The van der Waals surface area contributed by atoms with Crippen LogP contribution in [0.15, 0.2) is 20.7 Å². The summed E-state index contributed by atoms with van der Waals surface area (Å²) in [4.78, 5) is 26.2. The molecule has 0 aromatic carbocycles. The highest BCUT2D eigenvalue weighted by molar-refractivity contribution is 9.11. The van der Waals surface area contributed by atoms with Crippen molar-refractivity contribution in [2.75, 3.05) is 24.5 Å². The lowest BCUT2D eigenvalue weighted by molar-refractivity contribution is -0.00576. The second kappa shape index (κ2) is 7.42. The summed E-state index contributed by atoms with van der Waals surface area (Å²) in [6, 6.07) is 4.23. The van der Waals surface area contributed by atoms with Gasteiger partial charge in [-0.1, -0.05) is 0 Å². The Bertz CT molecular complexity index is 842. The van der Waals surface area contributed by atoms with E-state index in [1.807, 2.05) is 0 Å². The highest BCUT2D eigenvalue weighted by atomic mass is 79.9. The summed E-state index contributed by atoms with van der Waals surface area (Å²) in [6.07, 6.45) is 1.02. The van der Waals surface area contributed by atoms with Gasteiger partial charge in [-0.05, 0) is 48.3 Å². The zero-order valence-electron chi connectivity index (χ0n) is 15.0. The number of thiophene rings is 1. The van der Waals surface area contributed by atoms with Crippen molar-refractivity contribution in [1.29, 1.82) is 0 Å². The summed E-state index contributed by atoms with van der Waals surface area (Å²) >= 11 is 5.28. The van der Waals surface area contributed by atoms with Crippen molar-refractivity contribution < 1.29 is 4.74 Å². The number of nitrogens with one attached hydrogen (secondary N) is 1. The number of nitrogens with zero attached hydrogens (tertiary/aromatic N) is 3. The molecule has 4 rings (SSSR count). The van der Waals surface area contributed by atoms with Crippen LogP contribution in [0.3, 0.4) is 0 Å². The van der Waals surface area contributed by atoms with Crippen molar-refractivity contribution >= 4 is 33.2 Å². The first-order chi connectivity index (χ1) is 12.5. The van der Waals surface area contributed by atoms with E-state index in [9.17, 15) is 4.79 Å². The van der Waals surface area contributed by atoms with Crippen molar-refractivity contribution in [2.45, 2.75) is 45.6 Å². The van der Waals surface area contributed by atoms with Gasteiger partial charge in [-0.15, -0.1) is 11.3 Å². The first kappa shape index (κ1) is 18.2. The number of aromatic nitrogens is 2. The molecule has 2 aliphatic heterocycles. The first-order valence-electron chi connectivity index (χ1n) is 8.97. The molecule has 4 heterocycles. The Morgan fingerprint density at radius 3 is 2.81 bits per heavy atom. The Labute approximate surface area is 165 Å². The molecule has 0 spiro atoms. The molecule has 1 N–H and O–H groups in total. The standard InChI is InChI=1S/C18H23BrN4O2S/c1-11-7-23(8-12(2)25-11)18-20-15-10-22(6-5-14(15)17(24)21-18)9-13-3-4-16(19)26-13/h3-4,11-12H,5-10H2,1-2H3,(H,20,21,24)/t11-,12-/m0/s1. The third-order valence-electron chi connectivity index (χ3n) is 4.87. The molecule has 0 unspecified atom stereocenters. The lowest BCUT2D eigenvalue weighted by Crippen LogP contribution is -2.47. The summed E-state index contributed by atoms with van der Waals surface area (Å²) in [6.45, 7) is 8.11. The Morgan fingerprint density at radius 1 is 1.35 bits per heavy atom. The van der Waals surface area contributed by atoms with Gasteiger partial charge in [0.25, 0.3) is 5.56 Å². The second-order valence-electron chi connectivity index (χ2n) is 7.14. The van der Waals surface area contributed by atoms with E-state index in [0.717, 1.165) is 54.2 Å². The minimum Gasteiger partial charge on any atom is -0.372 e. The monoisotopic (exact) mass is 438 g/mol. The van der Waals surface area contributed by atoms with Gasteiger partial charge in [0, 0.05) is 43.2 Å². The topological polar surface area (TPSA) is 61.5 Å². The van der Waals surface area contributed by atoms with E-state index in [0.29, 0.717) is 5.95 Å². The highest BCUT2D eigenvalue weighted by Crippen LogP contribution is 2.25. The van der Waals surface area contributed by atoms with Crippen LogP contribution in [-0.4, -0.2) is 46.7 Å². The lowest BCUT2D eigenvalue weighted by atomic mass is 10.1. The summed E-state index contributed by atoms with van der Waals surface area (Å²) in [5.74, 6) is 0.677. The molecule has 8 heteroatoms. The Hall–Kier alpha value is -1.22. The number of hydrogen-bond donors (Lipinski definition) is 1. The fraction of sp³-hybridized carbons (Fsp3) is 0.556. The predicted octanol–water partition coefficient (Wildman–Crippen LogP) is 2.77. The predicted molar refractivity (Wildman–Crippen MR) is 107 cm³/mol. The van der Waals surface area contributed by atoms with Gasteiger partial charge in [0.05, 0.1) is 21.7 Å². The van der Waals surface area contributed by atoms with Crippen LogP contribution in [0, 0.1) is 0 Å². The normalized spacial score (nSPS) is 23.9. The summed E-state index contributed by atoms with van der Waals surface area (Å²) < 4.78 is 6.94. The number of halogens is 1. The molecule has 0 saturated carbocycles. The molecule has 140 valence electrons. The number of aromatic amines is 1. The number of rotatable bonds is 3. The minimum absolute atomic E-state index is 0.00955. The quantitative estimate of drug-likeness (QED) is 0.797. The van der Waals surface area contributed by atoms with Crippen molar-refractivity contribution in [3.05, 3.63) is 42.4 Å². The van der Waals surface area contributed by atoms with Gasteiger partial charge in [-0.25, -0.2) is 4.98 Å². The molecule has 1 fully saturated rings. The second-order valence-corrected chi connectivity index (χ2v) is 9.69. The Kier molecular flexibility index (Phi) is 5.18. The van der Waals surface area contributed by atoms with Crippen LogP contribution in [0.25, 0.3) is 0 Å². The van der Waals surface area contributed by atoms with Crippen LogP contribution < -0.4 is 10.5 Å². The van der Waals surface area contributed by atoms with Crippen molar-refractivity contribution in [3.8, 4) is 0 Å². The van der Waals surface area contributed by atoms with E-state index in [2.05, 4.69) is 56.7 Å². The maximum atomic E-state index is 12.6. The molecular formula is C18H23BrN4O2S. The molecule has 2 atom stereocenters. The largest absolute Gasteiger partial charge is 0.372 e. The first-order valence-corrected chi connectivity index (χ1v) is 10.6. The average molecular weight is 439 g/mol. The molecule has 1 saturated heterocycles. The van der Waals surface area contributed by atoms with E-state index in [4.69, 9.17) is 9.72 Å². The molecular weight excluding hydrogens is 416 g/mol. The van der Waals surface area contributed by atoms with Crippen LogP contribution >= 0.6 is 27.3 Å². The molecule has 2 aromatic rings. The van der Waals surface area contributed by atoms with Gasteiger partial charge in [-0.2, -0.15) is 0 Å². The minimum atomic E-state index is 0.00955. The zero-order chi connectivity index (χ0) is 18.3. The van der Waals surface area contributed by atoms with Gasteiger partial charge in [0.15, 0.2) is 0 Å². The summed E-state index contributed by atoms with van der Waals surface area (Å²) in [7, 11) is 0. The van der Waals surface area contributed by atoms with Crippen LogP contribution in [0.5, 0.6) is 0 Å². The van der Waals surface area contributed by atoms with Crippen LogP contribution in [0.4, 0.5) is 5.95 Å². The molecule has 26 heavy (non-hydrogen) atoms. The number of anilines is 1. The lowest BCUT2D eigenvalue weighted by Gasteiger charge is -2.36. The Morgan fingerprint density at radius 2 is 2.12 bits per heavy atom. The average Bonchev–Trinajstić information content (AvgIpc) is 2.98. The van der Waals surface area contributed by atoms with Gasteiger partial charge >= 0.3 is 0 Å². The van der Waals surface area contributed by atoms with Crippen molar-refractivity contribution in [1.82, 2.24) is 14.9 Å². The van der Waals surface area contributed by atoms with Gasteiger partial charge in [-0.3, -0.25) is 14.7 Å². The van der Waals surface area contributed by atoms with Gasteiger partial charge in [0.2, 0.25) is 5.95 Å². The van der Waals surface area contributed by atoms with E-state index < -0.39 is 0 Å². The molecule has 0 amide bonds. The zero-order valence-corrected chi connectivity index (χ0v) is 17.4. The molecule has 2 aliphatic rings. The molecule has 0 aliphatic carbocycles. The fourth-order valence-electron chi connectivity index (χ4n) is 3.77. The maximum absolute atomic E-state index is 12.6. The summed E-state index contributed by atoms with van der Waals surface area (Å²) in [5.41, 5.74) is 1.76. The van der Waals surface area contributed by atoms with E-state index in [1.54, 1.807) is 11.3 Å². The third kappa shape index (κ3) is 3.88.